The summed E-state index contributed by atoms with van der Waals surface area (Å²) in [6.07, 6.45) is 0. The topological polar surface area (TPSA) is 6.48 Å². The van der Waals surface area contributed by atoms with Gasteiger partial charge in [0, 0.05) is 0 Å². The van der Waals surface area contributed by atoms with Crippen molar-refractivity contribution in [3.05, 3.63) is 57.6 Å². The van der Waals surface area contributed by atoms with Gasteiger partial charge in [0.05, 0.1) is 0 Å². The van der Waals surface area contributed by atoms with Crippen molar-refractivity contribution in [1.82, 2.24) is 9.80 Å². The van der Waals surface area contributed by atoms with Crippen LogP contribution in [-0.4, -0.2) is 71.5 Å². The van der Waals surface area contributed by atoms with Gasteiger partial charge < -0.3 is 0 Å². The van der Waals surface area contributed by atoms with Crippen molar-refractivity contribution in [2.24, 2.45) is 0 Å². The second-order valence-corrected chi connectivity index (χ2v) is 34.9. The molecule has 0 saturated carbocycles. The van der Waals surface area contributed by atoms with E-state index in [1.165, 1.54) is 11.1 Å². The summed E-state index contributed by atoms with van der Waals surface area (Å²) < 4.78 is 3.68. The zero-order valence-corrected chi connectivity index (χ0v) is 37.3. The second kappa shape index (κ2) is 15.1. The Balaban J connectivity index is 3.00. The van der Waals surface area contributed by atoms with Crippen molar-refractivity contribution in [3.8, 4) is 0 Å². The Morgan fingerprint density at radius 3 is 0.952 bits per heavy atom. The molecule has 0 heterocycles. The van der Waals surface area contributed by atoms with Crippen LogP contribution in [0.15, 0.2) is 24.3 Å². The number of hydrogen-bond donors (Lipinski definition) is 0. The van der Waals surface area contributed by atoms with Gasteiger partial charge in [-0.15, -0.1) is 0 Å². The van der Waals surface area contributed by atoms with E-state index in [9.17, 15) is 0 Å². The monoisotopic (exact) mass is 966 g/mol. The summed E-state index contributed by atoms with van der Waals surface area (Å²) in [5.74, 6) is 0. The van der Waals surface area contributed by atoms with Gasteiger partial charge in [-0.1, -0.05) is 0 Å². The molecule has 0 atom stereocenters. The van der Waals surface area contributed by atoms with Crippen LogP contribution < -0.4 is 6.54 Å². The molecule has 0 aliphatic carbocycles. The predicted molar refractivity (Wildman–Crippen MR) is 192 cm³/mol. The average Bonchev–Trinajstić information content (AvgIpc) is 2.86. The molecule has 2 nitrogen and oxygen atoms in total. The summed E-state index contributed by atoms with van der Waals surface area (Å²) in [5, 5.41) is 0. The molecule has 0 N–H and O–H groups in total. The summed E-state index contributed by atoms with van der Waals surface area (Å²) in [6, 6.07) is 10.5. The van der Waals surface area contributed by atoms with Crippen LogP contribution in [0.3, 0.4) is 0 Å². The number of nitrogens with zero attached hydrogens (tertiary/aromatic N) is 2. The summed E-state index contributed by atoms with van der Waals surface area (Å²) in [6.45, 7) is 45.0. The van der Waals surface area contributed by atoms with Crippen LogP contribution in [0, 0.1) is 0 Å². The molecular formula is C38H64Bi2N2. The van der Waals surface area contributed by atoms with Crippen LogP contribution >= 0.6 is 0 Å². The first-order chi connectivity index (χ1) is 19.2. The minimum absolute atomic E-state index is 0.155. The Morgan fingerprint density at radius 1 is 0.452 bits per heavy atom. The van der Waals surface area contributed by atoms with Crippen LogP contribution in [0.1, 0.15) is 144 Å². The normalized spacial score (nSPS) is 13.7. The Hall–Kier alpha value is 0.126. The molecule has 2 aromatic carbocycles. The van der Waals surface area contributed by atoms with Crippen molar-refractivity contribution in [2.75, 3.05) is 26.2 Å². The van der Waals surface area contributed by atoms with Crippen LogP contribution in [0.2, 0.25) is 0 Å². The maximum absolute atomic E-state index is 2.63. The van der Waals surface area contributed by atoms with Crippen molar-refractivity contribution in [3.63, 3.8) is 0 Å². The van der Waals surface area contributed by atoms with Gasteiger partial charge in [-0.2, -0.15) is 0 Å². The number of rotatable bonds is 10. The molecule has 42 heavy (non-hydrogen) atoms. The minimum atomic E-state index is -0.929. The molecule has 0 aliphatic heterocycles. The van der Waals surface area contributed by atoms with Crippen LogP contribution in [0.5, 0.6) is 0 Å². The third kappa shape index (κ3) is 10.3. The maximum atomic E-state index is 2.63. The molecule has 0 fully saturated rings. The van der Waals surface area contributed by atoms with Crippen LogP contribution in [-0.2, 0) is 34.7 Å². The number of benzene rings is 2. The fourth-order valence-corrected chi connectivity index (χ4v) is 35.1. The van der Waals surface area contributed by atoms with Gasteiger partial charge in [0.2, 0.25) is 0 Å². The third-order valence-corrected chi connectivity index (χ3v) is 31.7. The van der Waals surface area contributed by atoms with Crippen LogP contribution in [0.25, 0.3) is 0 Å². The molecule has 0 aromatic heterocycles. The SMILES string of the molecule is CCN(CC)Cc1cc(C(C)(C)C)cc(C(C)(C)C)[c]1[Bi]=[Bi][c]1c(CN(CC)CC)cc(C(C)(C)C)cc1C(C)(C)C. The fourth-order valence-electron chi connectivity index (χ4n) is 5.35. The molecule has 0 spiro atoms. The van der Waals surface area contributed by atoms with E-state index in [0.717, 1.165) is 39.3 Å². The Labute approximate surface area is 279 Å². The number of hydrogen-bond acceptors (Lipinski definition) is 2. The quantitative estimate of drug-likeness (QED) is 0.224. The van der Waals surface area contributed by atoms with Gasteiger partial charge >= 0.3 is 281 Å². The third-order valence-electron chi connectivity index (χ3n) is 8.55. The molecule has 0 unspecified atom stereocenters. The van der Waals surface area contributed by atoms with E-state index in [1.807, 2.05) is 6.54 Å². The van der Waals surface area contributed by atoms with Crippen molar-refractivity contribution >= 4 is 42.1 Å². The predicted octanol–water partition coefficient (Wildman–Crippen LogP) is 7.83. The van der Waals surface area contributed by atoms with E-state index < -0.39 is 35.6 Å². The molecule has 0 amide bonds. The second-order valence-electron chi connectivity index (χ2n) is 16.2. The van der Waals surface area contributed by atoms with Crippen molar-refractivity contribution < 1.29 is 0 Å². The summed E-state index contributed by atoms with van der Waals surface area (Å²) in [7, 11) is 0. The Morgan fingerprint density at radius 2 is 0.738 bits per heavy atom. The molecule has 2 rings (SSSR count). The average molecular weight is 967 g/mol. The molecule has 0 aliphatic rings. The molecule has 2 aromatic rings. The fraction of sp³-hybridized carbons (Fsp3) is 0.684. The van der Waals surface area contributed by atoms with E-state index in [0.29, 0.717) is 0 Å². The van der Waals surface area contributed by atoms with E-state index in [-0.39, 0.29) is 21.7 Å². The standard InChI is InChI=1S/2C19H32N.2Bi/c2*1-9-20(10-2)14-15-11-16(18(3,4)5)13-17(12-15)19(6,7)8;;/h2*11,13H,9-10,14H2,1-8H3;;. The van der Waals surface area contributed by atoms with E-state index in [1.54, 1.807) is 22.3 Å². The molecule has 0 saturated heterocycles. The first-order valence-electron chi connectivity index (χ1n) is 16.4. The molecular weight excluding hydrogens is 902 g/mol. The van der Waals surface area contributed by atoms with E-state index in [2.05, 4.69) is 145 Å². The van der Waals surface area contributed by atoms with Crippen molar-refractivity contribution in [1.29, 1.82) is 0 Å². The van der Waals surface area contributed by atoms with E-state index >= 15 is 0 Å². The summed E-state index contributed by atoms with van der Waals surface area (Å²) in [5.41, 5.74) is 10.3. The van der Waals surface area contributed by atoms with Gasteiger partial charge in [0.1, 0.15) is 0 Å². The van der Waals surface area contributed by atoms with Gasteiger partial charge in [-0.3, -0.25) is 0 Å². The van der Waals surface area contributed by atoms with Crippen molar-refractivity contribution in [2.45, 2.75) is 146 Å². The van der Waals surface area contributed by atoms with Gasteiger partial charge in [0.25, 0.3) is 0 Å². The van der Waals surface area contributed by atoms with Gasteiger partial charge in [-0.25, -0.2) is 0 Å². The zero-order chi connectivity index (χ0) is 32.3. The first-order valence-corrected chi connectivity index (χ1v) is 35.1. The molecule has 4 heteroatoms. The van der Waals surface area contributed by atoms with E-state index in [4.69, 9.17) is 0 Å². The molecule has 236 valence electrons. The first kappa shape index (κ1) is 38.3. The molecule has 0 bridgehead atoms. The zero-order valence-electron chi connectivity index (χ0n) is 30.3. The van der Waals surface area contributed by atoms with Gasteiger partial charge in [-0.05, 0) is 0 Å². The van der Waals surface area contributed by atoms with Gasteiger partial charge in [0.15, 0.2) is 0 Å². The summed E-state index contributed by atoms with van der Waals surface area (Å²) >= 11 is -1.86. The Kier molecular flexibility index (Phi) is 13.8. The van der Waals surface area contributed by atoms with Crippen LogP contribution in [0.4, 0.5) is 0 Å². The Bertz CT molecular complexity index is 1110. The summed E-state index contributed by atoms with van der Waals surface area (Å²) in [4.78, 5) is 5.27. The molecule has 0 radical (unpaired) electrons.